The van der Waals surface area contributed by atoms with Gasteiger partial charge in [0.2, 0.25) is 0 Å². The number of pyridine rings is 2. The summed E-state index contributed by atoms with van der Waals surface area (Å²) in [6.07, 6.45) is 4.07. The highest BCUT2D eigenvalue weighted by Crippen LogP contribution is 2.24. The SMILES string of the molecule is CCOC(=O)c1cnn(-c2cc(=O)n(C)c3ccccc23)c1CN(C)CCc1ccccn1. The first kappa shape index (κ1) is 22.4. The summed E-state index contributed by atoms with van der Waals surface area (Å²) in [4.78, 5) is 31.8. The Morgan fingerprint density at radius 1 is 1.15 bits per heavy atom. The van der Waals surface area contributed by atoms with E-state index < -0.39 is 5.97 Å². The number of fused-ring (bicyclic) bond motifs is 1. The molecule has 0 aliphatic rings. The third-order valence-corrected chi connectivity index (χ3v) is 5.62. The van der Waals surface area contributed by atoms with Crippen molar-refractivity contribution < 1.29 is 9.53 Å². The fraction of sp³-hybridized carbons (Fsp3) is 0.280. The van der Waals surface area contributed by atoms with E-state index in [-0.39, 0.29) is 12.2 Å². The van der Waals surface area contributed by atoms with Gasteiger partial charge in [0.25, 0.3) is 5.56 Å². The Labute approximate surface area is 192 Å². The van der Waals surface area contributed by atoms with Crippen molar-refractivity contribution in [2.45, 2.75) is 19.9 Å². The van der Waals surface area contributed by atoms with Crippen molar-refractivity contribution in [3.8, 4) is 5.69 Å². The van der Waals surface area contributed by atoms with Gasteiger partial charge in [0.1, 0.15) is 5.56 Å². The van der Waals surface area contributed by atoms with Gasteiger partial charge in [0.05, 0.1) is 29.7 Å². The molecular formula is C25H27N5O3. The van der Waals surface area contributed by atoms with Crippen LogP contribution in [0, 0.1) is 0 Å². The number of hydrogen-bond donors (Lipinski definition) is 0. The molecule has 0 fully saturated rings. The summed E-state index contributed by atoms with van der Waals surface area (Å²) in [6, 6.07) is 15.1. The molecule has 4 aromatic rings. The second-order valence-electron chi connectivity index (χ2n) is 7.89. The average molecular weight is 446 g/mol. The van der Waals surface area contributed by atoms with Crippen LogP contribution in [0.15, 0.2) is 65.7 Å². The Morgan fingerprint density at radius 3 is 2.70 bits per heavy atom. The monoisotopic (exact) mass is 445 g/mol. The summed E-state index contributed by atoms with van der Waals surface area (Å²) in [5.74, 6) is -0.426. The lowest BCUT2D eigenvalue weighted by Crippen LogP contribution is -2.25. The number of aryl methyl sites for hydroxylation is 1. The fourth-order valence-electron chi connectivity index (χ4n) is 3.87. The van der Waals surface area contributed by atoms with Crippen LogP contribution in [0.4, 0.5) is 0 Å². The molecule has 33 heavy (non-hydrogen) atoms. The molecule has 170 valence electrons. The number of ether oxygens (including phenoxy) is 1. The van der Waals surface area contributed by atoms with Crippen LogP contribution in [-0.4, -0.2) is 50.4 Å². The molecule has 0 atom stereocenters. The lowest BCUT2D eigenvalue weighted by molar-refractivity contribution is 0.0524. The predicted molar refractivity (Wildman–Crippen MR) is 127 cm³/mol. The molecule has 0 aliphatic carbocycles. The van der Waals surface area contributed by atoms with Crippen LogP contribution in [0.1, 0.15) is 28.7 Å². The number of benzene rings is 1. The fourth-order valence-corrected chi connectivity index (χ4v) is 3.87. The van der Waals surface area contributed by atoms with Crippen molar-refractivity contribution in [3.05, 3.63) is 88.2 Å². The molecular weight excluding hydrogens is 418 g/mol. The van der Waals surface area contributed by atoms with Crippen molar-refractivity contribution in [2.24, 2.45) is 7.05 Å². The lowest BCUT2D eigenvalue weighted by Gasteiger charge is -2.19. The number of aromatic nitrogens is 4. The summed E-state index contributed by atoms with van der Waals surface area (Å²) >= 11 is 0. The minimum absolute atomic E-state index is 0.147. The Hall–Kier alpha value is -3.78. The first-order chi connectivity index (χ1) is 16.0. The van der Waals surface area contributed by atoms with Crippen LogP contribution >= 0.6 is 0 Å². The molecule has 0 amide bonds. The molecule has 0 radical (unpaired) electrons. The molecule has 0 saturated carbocycles. The first-order valence-corrected chi connectivity index (χ1v) is 10.9. The minimum Gasteiger partial charge on any atom is -0.462 e. The molecule has 0 aliphatic heterocycles. The zero-order valence-electron chi connectivity index (χ0n) is 19.1. The smallest absolute Gasteiger partial charge is 0.341 e. The highest BCUT2D eigenvalue weighted by molar-refractivity contribution is 5.92. The molecule has 4 rings (SSSR count). The van der Waals surface area contributed by atoms with Gasteiger partial charge in [-0.25, -0.2) is 9.48 Å². The second-order valence-corrected chi connectivity index (χ2v) is 7.89. The van der Waals surface area contributed by atoms with Gasteiger partial charge in [-0.2, -0.15) is 5.10 Å². The van der Waals surface area contributed by atoms with E-state index in [1.54, 1.807) is 35.5 Å². The van der Waals surface area contributed by atoms with Crippen molar-refractivity contribution >= 4 is 16.9 Å². The van der Waals surface area contributed by atoms with Crippen molar-refractivity contribution in [2.75, 3.05) is 20.2 Å². The molecule has 0 unspecified atom stereocenters. The highest BCUT2D eigenvalue weighted by Gasteiger charge is 2.22. The molecule has 8 heteroatoms. The van der Waals surface area contributed by atoms with E-state index in [4.69, 9.17) is 4.74 Å². The van der Waals surface area contributed by atoms with Gasteiger partial charge >= 0.3 is 5.97 Å². The summed E-state index contributed by atoms with van der Waals surface area (Å²) in [7, 11) is 3.73. The highest BCUT2D eigenvalue weighted by atomic mass is 16.5. The molecule has 0 N–H and O–H groups in total. The maximum absolute atomic E-state index is 12.7. The van der Waals surface area contributed by atoms with Gasteiger partial charge in [-0.1, -0.05) is 24.3 Å². The first-order valence-electron chi connectivity index (χ1n) is 10.9. The number of likely N-dealkylation sites (N-methyl/N-ethyl adjacent to an activating group) is 1. The van der Waals surface area contributed by atoms with Gasteiger partial charge in [-0.3, -0.25) is 9.78 Å². The third-order valence-electron chi connectivity index (χ3n) is 5.62. The van der Waals surface area contributed by atoms with Crippen LogP contribution < -0.4 is 5.56 Å². The number of rotatable bonds is 8. The predicted octanol–water partition coefficient (Wildman–Crippen LogP) is 2.97. The number of para-hydroxylation sites is 1. The zero-order valence-corrected chi connectivity index (χ0v) is 19.1. The van der Waals surface area contributed by atoms with Crippen LogP contribution in [0.2, 0.25) is 0 Å². The molecule has 3 aromatic heterocycles. The standard InChI is InChI=1S/C25H27N5O3/c1-4-33-25(32)20-16-27-30(22-15-24(31)29(3)21-11-6-5-10-19(21)22)23(20)17-28(2)14-12-18-9-7-8-13-26-18/h5-11,13,15-16H,4,12,14,17H2,1-3H3. The Balaban J connectivity index is 1.74. The van der Waals surface area contributed by atoms with Crippen molar-refractivity contribution in [1.82, 2.24) is 24.2 Å². The number of carbonyl (C=O) groups is 1. The normalized spacial score (nSPS) is 11.3. The summed E-state index contributed by atoms with van der Waals surface area (Å²) < 4.78 is 8.56. The van der Waals surface area contributed by atoms with E-state index in [1.165, 1.54) is 6.20 Å². The van der Waals surface area contributed by atoms with Gasteiger partial charge in [0, 0.05) is 49.9 Å². The van der Waals surface area contributed by atoms with Crippen molar-refractivity contribution in [1.29, 1.82) is 0 Å². The number of hydrogen-bond acceptors (Lipinski definition) is 6. The van der Waals surface area contributed by atoms with Crippen LogP contribution in [-0.2, 0) is 24.8 Å². The van der Waals surface area contributed by atoms with Gasteiger partial charge in [0.15, 0.2) is 0 Å². The van der Waals surface area contributed by atoms with Crippen LogP contribution in [0.3, 0.4) is 0 Å². The minimum atomic E-state index is -0.426. The Kier molecular flexibility index (Phi) is 6.65. The largest absolute Gasteiger partial charge is 0.462 e. The zero-order chi connectivity index (χ0) is 23.4. The lowest BCUT2D eigenvalue weighted by atomic mass is 10.1. The van der Waals surface area contributed by atoms with Crippen LogP contribution in [0.25, 0.3) is 16.6 Å². The molecule has 0 spiro atoms. The van der Waals surface area contributed by atoms with E-state index in [0.29, 0.717) is 23.5 Å². The van der Waals surface area contributed by atoms with E-state index in [1.807, 2.05) is 49.5 Å². The van der Waals surface area contributed by atoms with E-state index in [0.717, 1.165) is 29.6 Å². The van der Waals surface area contributed by atoms with Gasteiger partial charge in [-0.15, -0.1) is 0 Å². The summed E-state index contributed by atoms with van der Waals surface area (Å²) in [5.41, 5.74) is 3.36. The van der Waals surface area contributed by atoms with E-state index in [2.05, 4.69) is 15.0 Å². The molecule has 0 bridgehead atoms. The van der Waals surface area contributed by atoms with Gasteiger partial charge in [-0.05, 0) is 32.2 Å². The molecule has 0 saturated heterocycles. The second kappa shape index (κ2) is 9.79. The quantitative estimate of drug-likeness (QED) is 0.388. The maximum Gasteiger partial charge on any atom is 0.341 e. The van der Waals surface area contributed by atoms with Crippen molar-refractivity contribution in [3.63, 3.8) is 0 Å². The van der Waals surface area contributed by atoms with E-state index in [9.17, 15) is 9.59 Å². The average Bonchev–Trinajstić information content (AvgIpc) is 3.24. The summed E-state index contributed by atoms with van der Waals surface area (Å²) in [5, 5.41) is 5.38. The third kappa shape index (κ3) is 4.70. The topological polar surface area (TPSA) is 82.2 Å². The number of carbonyl (C=O) groups excluding carboxylic acids is 1. The Morgan fingerprint density at radius 2 is 1.94 bits per heavy atom. The van der Waals surface area contributed by atoms with E-state index >= 15 is 0 Å². The Bertz CT molecular complexity index is 1330. The van der Waals surface area contributed by atoms with Crippen LogP contribution in [0.5, 0.6) is 0 Å². The molecule has 3 heterocycles. The molecule has 8 nitrogen and oxygen atoms in total. The number of esters is 1. The number of nitrogens with zero attached hydrogens (tertiary/aromatic N) is 5. The van der Waals surface area contributed by atoms with Gasteiger partial charge < -0.3 is 14.2 Å². The molecule has 1 aromatic carbocycles. The maximum atomic E-state index is 12.7. The summed E-state index contributed by atoms with van der Waals surface area (Å²) in [6.45, 7) is 3.23.